The molecule has 0 unspecified atom stereocenters. The van der Waals surface area contributed by atoms with Gasteiger partial charge in [0.25, 0.3) is 5.56 Å². The molecule has 0 fully saturated rings. The molecular formula is C17H17N3O2S. The number of fused-ring (bicyclic) bond motifs is 1. The fourth-order valence-corrected chi connectivity index (χ4v) is 3.31. The normalized spacial score (nSPS) is 10.7. The SMILES string of the molecule is CCCN(c1ccc(OC)cc1)c1nc(=O)c2cccnc2s1. The number of hydrogen-bond donors (Lipinski definition) is 0. The van der Waals surface area contributed by atoms with Gasteiger partial charge in [-0.2, -0.15) is 4.98 Å². The van der Waals surface area contributed by atoms with E-state index in [1.807, 2.05) is 29.2 Å². The fraction of sp³-hybridized carbons (Fsp3) is 0.235. The first-order valence-electron chi connectivity index (χ1n) is 7.40. The van der Waals surface area contributed by atoms with E-state index in [-0.39, 0.29) is 5.56 Å². The largest absolute Gasteiger partial charge is 0.497 e. The van der Waals surface area contributed by atoms with Crippen LogP contribution in [-0.4, -0.2) is 23.6 Å². The van der Waals surface area contributed by atoms with E-state index in [9.17, 15) is 4.79 Å². The minimum Gasteiger partial charge on any atom is -0.497 e. The first-order valence-corrected chi connectivity index (χ1v) is 8.22. The zero-order valence-electron chi connectivity index (χ0n) is 13.0. The van der Waals surface area contributed by atoms with Crippen molar-refractivity contribution in [2.45, 2.75) is 13.3 Å². The van der Waals surface area contributed by atoms with Crippen LogP contribution >= 0.6 is 11.3 Å². The number of benzene rings is 1. The lowest BCUT2D eigenvalue weighted by atomic mass is 10.2. The fourth-order valence-electron chi connectivity index (χ4n) is 2.33. The molecule has 23 heavy (non-hydrogen) atoms. The van der Waals surface area contributed by atoms with Gasteiger partial charge in [0.2, 0.25) is 0 Å². The first kappa shape index (κ1) is 15.4. The van der Waals surface area contributed by atoms with E-state index in [1.54, 1.807) is 25.4 Å². The topological polar surface area (TPSA) is 55.3 Å². The van der Waals surface area contributed by atoms with E-state index in [0.29, 0.717) is 15.3 Å². The highest BCUT2D eigenvalue weighted by Crippen LogP contribution is 2.30. The zero-order valence-corrected chi connectivity index (χ0v) is 13.8. The van der Waals surface area contributed by atoms with Crippen molar-refractivity contribution in [3.05, 3.63) is 52.9 Å². The van der Waals surface area contributed by atoms with Gasteiger partial charge in [0, 0.05) is 18.4 Å². The van der Waals surface area contributed by atoms with Gasteiger partial charge in [0.05, 0.1) is 12.5 Å². The third kappa shape index (κ3) is 3.17. The van der Waals surface area contributed by atoms with Gasteiger partial charge in [-0.05, 0) is 42.8 Å². The number of rotatable bonds is 5. The maximum atomic E-state index is 12.2. The molecule has 2 aromatic heterocycles. The number of ether oxygens (including phenoxy) is 1. The van der Waals surface area contributed by atoms with Gasteiger partial charge in [-0.25, -0.2) is 4.98 Å². The molecule has 1 aromatic carbocycles. The van der Waals surface area contributed by atoms with Crippen LogP contribution in [0.3, 0.4) is 0 Å². The van der Waals surface area contributed by atoms with E-state index >= 15 is 0 Å². The van der Waals surface area contributed by atoms with E-state index in [2.05, 4.69) is 16.9 Å². The standard InChI is InChI=1S/C17H17N3O2S/c1-3-11-20(12-6-8-13(22-2)9-7-12)17-19-15(21)14-5-4-10-18-16(14)23-17/h4-10H,3,11H2,1-2H3. The number of anilines is 2. The van der Waals surface area contributed by atoms with Crippen molar-refractivity contribution >= 4 is 32.4 Å². The molecule has 118 valence electrons. The lowest BCUT2D eigenvalue weighted by Crippen LogP contribution is -2.21. The van der Waals surface area contributed by atoms with Gasteiger partial charge in [0.1, 0.15) is 10.6 Å². The smallest absolute Gasteiger partial charge is 0.282 e. The molecule has 2 heterocycles. The summed E-state index contributed by atoms with van der Waals surface area (Å²) >= 11 is 1.43. The highest BCUT2D eigenvalue weighted by Gasteiger charge is 2.14. The molecule has 0 amide bonds. The van der Waals surface area contributed by atoms with Crippen LogP contribution in [0.15, 0.2) is 47.4 Å². The molecule has 0 aliphatic heterocycles. The number of nitrogens with zero attached hydrogens (tertiary/aromatic N) is 3. The number of methoxy groups -OCH3 is 1. The third-order valence-electron chi connectivity index (χ3n) is 3.45. The summed E-state index contributed by atoms with van der Waals surface area (Å²) < 4.78 is 5.20. The van der Waals surface area contributed by atoms with Gasteiger partial charge in [0.15, 0.2) is 5.13 Å². The van der Waals surface area contributed by atoms with Crippen LogP contribution in [0.1, 0.15) is 13.3 Å². The molecule has 0 radical (unpaired) electrons. The molecular weight excluding hydrogens is 310 g/mol. The number of aromatic nitrogens is 2. The monoisotopic (exact) mass is 327 g/mol. The van der Waals surface area contributed by atoms with Crippen LogP contribution in [0.25, 0.3) is 10.2 Å². The van der Waals surface area contributed by atoms with Crippen molar-refractivity contribution in [2.75, 3.05) is 18.6 Å². The van der Waals surface area contributed by atoms with Gasteiger partial charge in [-0.15, -0.1) is 0 Å². The molecule has 0 aliphatic carbocycles. The maximum Gasteiger partial charge on any atom is 0.282 e. The lowest BCUT2D eigenvalue weighted by molar-refractivity contribution is 0.415. The summed E-state index contributed by atoms with van der Waals surface area (Å²) in [5.74, 6) is 0.798. The Morgan fingerprint density at radius 2 is 2.00 bits per heavy atom. The predicted molar refractivity (Wildman–Crippen MR) is 94.0 cm³/mol. The quantitative estimate of drug-likeness (QED) is 0.716. The molecule has 3 rings (SSSR count). The van der Waals surface area contributed by atoms with Crippen molar-refractivity contribution in [2.24, 2.45) is 0 Å². The van der Waals surface area contributed by atoms with Gasteiger partial charge in [-0.1, -0.05) is 18.3 Å². The number of hydrogen-bond acceptors (Lipinski definition) is 6. The van der Waals surface area contributed by atoms with Crippen LogP contribution in [0.4, 0.5) is 10.8 Å². The molecule has 0 saturated heterocycles. The van der Waals surface area contributed by atoms with Crippen LogP contribution in [0.2, 0.25) is 0 Å². The Kier molecular flexibility index (Phi) is 4.52. The first-order chi connectivity index (χ1) is 11.2. The second-order valence-corrected chi connectivity index (χ2v) is 5.96. The third-order valence-corrected chi connectivity index (χ3v) is 4.46. The van der Waals surface area contributed by atoms with Crippen molar-refractivity contribution < 1.29 is 4.74 Å². The number of pyridine rings is 1. The Labute approximate surface area is 138 Å². The average Bonchev–Trinajstić information content (AvgIpc) is 2.60. The van der Waals surface area contributed by atoms with Crippen molar-refractivity contribution in [3.63, 3.8) is 0 Å². The van der Waals surface area contributed by atoms with Gasteiger partial charge < -0.3 is 9.64 Å². The maximum absolute atomic E-state index is 12.2. The molecule has 0 saturated carbocycles. The summed E-state index contributed by atoms with van der Waals surface area (Å²) in [6.07, 6.45) is 2.63. The zero-order chi connectivity index (χ0) is 16.2. The summed E-state index contributed by atoms with van der Waals surface area (Å²) in [5, 5.41) is 1.22. The summed E-state index contributed by atoms with van der Waals surface area (Å²) in [7, 11) is 1.64. The Morgan fingerprint density at radius 1 is 1.22 bits per heavy atom. The van der Waals surface area contributed by atoms with E-state index < -0.39 is 0 Å². The minimum absolute atomic E-state index is 0.239. The molecule has 3 aromatic rings. The highest BCUT2D eigenvalue weighted by atomic mass is 32.1. The molecule has 0 atom stereocenters. The van der Waals surface area contributed by atoms with Crippen molar-refractivity contribution in [3.8, 4) is 5.75 Å². The Bertz CT molecular complexity index is 862. The molecule has 0 aliphatic rings. The van der Waals surface area contributed by atoms with Crippen LogP contribution in [0.5, 0.6) is 5.75 Å². The molecule has 0 spiro atoms. The predicted octanol–water partition coefficient (Wildman–Crippen LogP) is 3.61. The summed E-state index contributed by atoms with van der Waals surface area (Å²) in [4.78, 5) is 23.6. The summed E-state index contributed by atoms with van der Waals surface area (Å²) in [5.41, 5.74) is 0.738. The van der Waals surface area contributed by atoms with Crippen molar-refractivity contribution in [1.82, 2.24) is 9.97 Å². The van der Waals surface area contributed by atoms with E-state index in [4.69, 9.17) is 4.74 Å². The Hall–Kier alpha value is -2.47. The van der Waals surface area contributed by atoms with E-state index in [0.717, 1.165) is 24.4 Å². The molecule has 0 N–H and O–H groups in total. The molecule has 6 heteroatoms. The minimum atomic E-state index is -0.239. The van der Waals surface area contributed by atoms with Crippen molar-refractivity contribution in [1.29, 1.82) is 0 Å². The summed E-state index contributed by atoms with van der Waals surface area (Å²) in [6, 6.07) is 11.3. The second-order valence-electron chi connectivity index (χ2n) is 5.01. The van der Waals surface area contributed by atoms with Gasteiger partial charge >= 0.3 is 0 Å². The van der Waals surface area contributed by atoms with Crippen LogP contribution in [-0.2, 0) is 0 Å². The van der Waals surface area contributed by atoms with E-state index in [1.165, 1.54) is 11.3 Å². The van der Waals surface area contributed by atoms with Crippen LogP contribution in [0, 0.1) is 0 Å². The molecule has 5 nitrogen and oxygen atoms in total. The average molecular weight is 327 g/mol. The Balaban J connectivity index is 2.08. The van der Waals surface area contributed by atoms with Crippen LogP contribution < -0.4 is 15.2 Å². The summed E-state index contributed by atoms with van der Waals surface area (Å²) in [6.45, 7) is 2.87. The van der Waals surface area contributed by atoms with Gasteiger partial charge in [-0.3, -0.25) is 4.79 Å². The second kappa shape index (κ2) is 6.75. The highest BCUT2D eigenvalue weighted by molar-refractivity contribution is 7.21. The molecule has 0 bridgehead atoms. The Morgan fingerprint density at radius 3 is 2.70 bits per heavy atom. The lowest BCUT2D eigenvalue weighted by Gasteiger charge is -2.22.